The number of ether oxygens (including phenoxy) is 1. The van der Waals surface area contributed by atoms with Crippen LogP contribution in [0.25, 0.3) is 0 Å². The number of piperazine rings is 1. The van der Waals surface area contributed by atoms with Crippen LogP contribution in [-0.4, -0.2) is 59.4 Å². The maximum absolute atomic E-state index is 12.5. The molecule has 1 atom stereocenters. The number of aliphatic imine (C=N–C) groups is 1. The molecule has 0 radical (unpaired) electrons. The number of carbonyl (C=O) groups is 1. The topological polar surface area (TPSA) is 68.9 Å². The SMILES string of the molecule is CS/C(=N\C#N)N1CCN(C(=O)[C@@H](C)Oc2ccc(Br)cc2)CC1. The summed E-state index contributed by atoms with van der Waals surface area (Å²) in [6, 6.07) is 7.41. The van der Waals surface area contributed by atoms with Gasteiger partial charge in [-0.05, 0) is 37.4 Å². The maximum atomic E-state index is 12.5. The Labute approximate surface area is 154 Å². The van der Waals surface area contributed by atoms with Crippen LogP contribution in [0.4, 0.5) is 0 Å². The van der Waals surface area contributed by atoms with Crippen LogP contribution in [0.5, 0.6) is 5.75 Å². The summed E-state index contributed by atoms with van der Waals surface area (Å²) >= 11 is 4.81. The molecule has 0 bridgehead atoms. The Morgan fingerprint density at radius 1 is 1.29 bits per heavy atom. The summed E-state index contributed by atoms with van der Waals surface area (Å²) in [5.74, 6) is 0.643. The Kier molecular flexibility index (Phi) is 6.94. The van der Waals surface area contributed by atoms with Gasteiger partial charge in [0.05, 0.1) is 0 Å². The predicted octanol–water partition coefficient (Wildman–Crippen LogP) is 2.56. The molecular weight excluding hydrogens is 392 g/mol. The van der Waals surface area contributed by atoms with Crippen molar-refractivity contribution in [2.75, 3.05) is 32.4 Å². The van der Waals surface area contributed by atoms with Gasteiger partial charge in [-0.2, -0.15) is 5.26 Å². The van der Waals surface area contributed by atoms with Gasteiger partial charge in [-0.15, -0.1) is 4.99 Å². The highest BCUT2D eigenvalue weighted by molar-refractivity contribution is 9.10. The first-order valence-corrected chi connectivity index (χ1v) is 9.53. The average molecular weight is 411 g/mol. The van der Waals surface area contributed by atoms with Crippen molar-refractivity contribution >= 4 is 38.8 Å². The lowest BCUT2D eigenvalue weighted by Crippen LogP contribution is -2.52. The Hall–Kier alpha value is -1.72. The molecule has 0 spiro atoms. The van der Waals surface area contributed by atoms with Gasteiger partial charge in [0, 0.05) is 30.7 Å². The van der Waals surface area contributed by atoms with Crippen LogP contribution in [0.3, 0.4) is 0 Å². The fourth-order valence-corrected chi connectivity index (χ4v) is 3.27. The van der Waals surface area contributed by atoms with E-state index in [1.165, 1.54) is 11.8 Å². The highest BCUT2D eigenvalue weighted by atomic mass is 79.9. The van der Waals surface area contributed by atoms with E-state index >= 15 is 0 Å². The molecule has 24 heavy (non-hydrogen) atoms. The van der Waals surface area contributed by atoms with Gasteiger partial charge in [-0.3, -0.25) is 4.79 Å². The number of hydrogen-bond donors (Lipinski definition) is 0. The van der Waals surface area contributed by atoms with Crippen molar-refractivity contribution in [3.63, 3.8) is 0 Å². The summed E-state index contributed by atoms with van der Waals surface area (Å²) in [6.45, 7) is 4.28. The number of nitriles is 1. The lowest BCUT2D eigenvalue weighted by atomic mass is 10.2. The zero-order valence-corrected chi connectivity index (χ0v) is 16.0. The van der Waals surface area contributed by atoms with Gasteiger partial charge in [0.1, 0.15) is 5.75 Å². The molecule has 8 heteroatoms. The molecule has 1 saturated heterocycles. The number of nitrogens with zero attached hydrogens (tertiary/aromatic N) is 4. The third kappa shape index (κ3) is 4.89. The number of amidine groups is 1. The number of rotatable bonds is 3. The highest BCUT2D eigenvalue weighted by Gasteiger charge is 2.27. The molecule has 1 fully saturated rings. The van der Waals surface area contributed by atoms with Gasteiger partial charge < -0.3 is 14.5 Å². The highest BCUT2D eigenvalue weighted by Crippen LogP contribution is 2.18. The molecular formula is C16H19BrN4O2S. The summed E-state index contributed by atoms with van der Waals surface area (Å²) in [5, 5.41) is 9.41. The summed E-state index contributed by atoms with van der Waals surface area (Å²) in [5.41, 5.74) is 0. The van der Waals surface area contributed by atoms with Crippen molar-refractivity contribution in [1.29, 1.82) is 5.26 Å². The first kappa shape index (κ1) is 18.6. The second-order valence-corrected chi connectivity index (χ2v) is 6.91. The van der Waals surface area contributed by atoms with Crippen LogP contribution in [0.2, 0.25) is 0 Å². The van der Waals surface area contributed by atoms with Crippen molar-refractivity contribution < 1.29 is 9.53 Å². The van der Waals surface area contributed by atoms with Crippen LogP contribution in [0.1, 0.15) is 6.92 Å². The van der Waals surface area contributed by atoms with Crippen LogP contribution >= 0.6 is 27.7 Å². The molecule has 128 valence electrons. The molecule has 0 N–H and O–H groups in total. The molecule has 0 aliphatic carbocycles. The standard InChI is InChI=1S/C16H19BrN4O2S/c1-12(23-14-5-3-13(17)4-6-14)15(22)20-7-9-21(10-8-20)16(24-2)19-11-18/h3-6,12H,7-10H2,1-2H3/b19-16-/t12-/m1/s1. The number of halogens is 1. The maximum Gasteiger partial charge on any atom is 0.263 e. The second-order valence-electron chi connectivity index (χ2n) is 5.22. The van der Waals surface area contributed by atoms with E-state index in [1.807, 2.05) is 41.6 Å². The summed E-state index contributed by atoms with van der Waals surface area (Å²) in [4.78, 5) is 20.2. The third-order valence-electron chi connectivity index (χ3n) is 3.66. The van der Waals surface area contributed by atoms with Crippen LogP contribution in [0, 0.1) is 11.5 Å². The smallest absolute Gasteiger partial charge is 0.263 e. The molecule has 1 aromatic rings. The average Bonchev–Trinajstić information content (AvgIpc) is 2.61. The zero-order valence-electron chi connectivity index (χ0n) is 13.6. The summed E-state index contributed by atoms with van der Waals surface area (Å²) in [6.07, 6.45) is 3.18. The second kappa shape index (κ2) is 8.94. The molecule has 2 rings (SSSR count). The van der Waals surface area contributed by atoms with E-state index in [9.17, 15) is 4.79 Å². The van der Waals surface area contributed by atoms with E-state index in [1.54, 1.807) is 11.8 Å². The fraction of sp³-hybridized carbons (Fsp3) is 0.438. The number of thioether (sulfide) groups is 1. The van der Waals surface area contributed by atoms with E-state index in [4.69, 9.17) is 10.00 Å². The van der Waals surface area contributed by atoms with Gasteiger partial charge in [0.25, 0.3) is 5.91 Å². The van der Waals surface area contributed by atoms with Crippen molar-refractivity contribution in [2.45, 2.75) is 13.0 Å². The molecule has 1 heterocycles. The Morgan fingerprint density at radius 3 is 2.42 bits per heavy atom. The van der Waals surface area contributed by atoms with Gasteiger partial charge in [-0.25, -0.2) is 0 Å². The molecule has 0 unspecified atom stereocenters. The van der Waals surface area contributed by atoms with E-state index in [0.717, 1.165) is 4.47 Å². The van der Waals surface area contributed by atoms with Gasteiger partial charge in [0.15, 0.2) is 11.3 Å². The van der Waals surface area contributed by atoms with Crippen LogP contribution in [0.15, 0.2) is 33.7 Å². The van der Waals surface area contributed by atoms with Crippen molar-refractivity contribution in [1.82, 2.24) is 9.80 Å². The zero-order chi connectivity index (χ0) is 17.5. The minimum Gasteiger partial charge on any atom is -0.481 e. The largest absolute Gasteiger partial charge is 0.481 e. The molecule has 6 nitrogen and oxygen atoms in total. The number of hydrogen-bond acceptors (Lipinski definition) is 5. The molecule has 0 saturated carbocycles. The third-order valence-corrected chi connectivity index (χ3v) is 4.91. The van der Waals surface area contributed by atoms with Crippen molar-refractivity contribution in [2.24, 2.45) is 4.99 Å². The van der Waals surface area contributed by atoms with Gasteiger partial charge in [-0.1, -0.05) is 27.7 Å². The number of carbonyl (C=O) groups excluding carboxylic acids is 1. The van der Waals surface area contributed by atoms with Crippen LogP contribution < -0.4 is 4.74 Å². The van der Waals surface area contributed by atoms with E-state index in [-0.39, 0.29) is 5.91 Å². The first-order valence-electron chi connectivity index (χ1n) is 7.52. The van der Waals surface area contributed by atoms with Crippen molar-refractivity contribution in [3.05, 3.63) is 28.7 Å². The molecule has 1 aliphatic rings. The molecule has 1 aliphatic heterocycles. The summed E-state index contributed by atoms with van der Waals surface area (Å²) in [7, 11) is 0. The normalized spacial score (nSPS) is 16.5. The lowest BCUT2D eigenvalue weighted by molar-refractivity contribution is -0.139. The minimum atomic E-state index is -0.537. The Morgan fingerprint density at radius 2 is 1.88 bits per heavy atom. The minimum absolute atomic E-state index is 0.0273. The molecule has 1 amide bonds. The lowest BCUT2D eigenvalue weighted by Gasteiger charge is -2.36. The Balaban J connectivity index is 1.89. The number of benzene rings is 1. The van der Waals surface area contributed by atoms with E-state index in [2.05, 4.69) is 20.9 Å². The van der Waals surface area contributed by atoms with Crippen LogP contribution in [-0.2, 0) is 4.79 Å². The fourth-order valence-electron chi connectivity index (χ4n) is 2.43. The number of amides is 1. The van der Waals surface area contributed by atoms with Crippen molar-refractivity contribution in [3.8, 4) is 11.9 Å². The Bertz CT molecular complexity index is 636. The molecule has 0 aromatic heterocycles. The molecule has 1 aromatic carbocycles. The predicted molar refractivity (Wildman–Crippen MR) is 98.9 cm³/mol. The van der Waals surface area contributed by atoms with Gasteiger partial charge in [0.2, 0.25) is 6.19 Å². The van der Waals surface area contributed by atoms with E-state index in [0.29, 0.717) is 37.1 Å². The van der Waals surface area contributed by atoms with E-state index < -0.39 is 6.10 Å². The quantitative estimate of drug-likeness (QED) is 0.435. The summed E-state index contributed by atoms with van der Waals surface area (Å²) < 4.78 is 6.69. The van der Waals surface area contributed by atoms with Gasteiger partial charge >= 0.3 is 0 Å². The first-order chi connectivity index (χ1) is 11.5. The monoisotopic (exact) mass is 410 g/mol.